The molecule has 17 unspecified atom stereocenters. The summed E-state index contributed by atoms with van der Waals surface area (Å²) >= 11 is -4.95. The number of halogens is 12. The molecule has 17 atom stereocenters. The molecule has 0 aromatic heterocycles. The van der Waals surface area contributed by atoms with Crippen LogP contribution < -0.4 is 0 Å². The van der Waals surface area contributed by atoms with E-state index in [1.165, 1.54) is 372 Å². The number of fused-ring (bicyclic) bond motifs is 6. The molecule has 18 aliphatic rings. The van der Waals surface area contributed by atoms with Gasteiger partial charge in [0.1, 0.15) is 0 Å². The van der Waals surface area contributed by atoms with Crippen LogP contribution in [0.2, 0.25) is 0 Å². The number of hydrogen-bond donors (Lipinski definition) is 0. The molecule has 0 bridgehead atoms. The maximum atomic E-state index is 4.93. The van der Waals surface area contributed by atoms with E-state index in [4.69, 9.17) is 102 Å². The van der Waals surface area contributed by atoms with E-state index < -0.39 is 125 Å². The Hall–Kier alpha value is 3.84. The van der Waals surface area contributed by atoms with Gasteiger partial charge in [0.05, 0.1) is 0 Å². The van der Waals surface area contributed by atoms with E-state index in [1.54, 1.807) is 0 Å². The van der Waals surface area contributed by atoms with Gasteiger partial charge >= 0.3 is 227 Å². The first-order valence-electron chi connectivity index (χ1n) is 55.1. The Morgan fingerprint density at radius 1 is 0.240 bits per heavy atom. The van der Waals surface area contributed by atoms with Crippen LogP contribution in [0.1, 0.15) is 393 Å². The fourth-order valence-corrected chi connectivity index (χ4v) is 24.3. The van der Waals surface area contributed by atoms with Gasteiger partial charge in [0, 0.05) is 0 Å². The summed E-state index contributed by atoms with van der Waals surface area (Å²) in [5, 5.41) is 0. The minimum absolute atomic E-state index is 0. The summed E-state index contributed by atoms with van der Waals surface area (Å²) in [6.45, 7) is 24.3. The van der Waals surface area contributed by atoms with E-state index >= 15 is 0 Å². The van der Waals surface area contributed by atoms with Crippen LogP contribution in [0, 0.1) is 213 Å². The molecule has 18 aliphatic carbocycles. The predicted octanol–water partition coefficient (Wildman–Crippen LogP) is 51.3. The van der Waals surface area contributed by atoms with Crippen molar-refractivity contribution in [3.05, 3.63) is 321 Å². The van der Waals surface area contributed by atoms with Crippen LogP contribution in [0.5, 0.6) is 0 Å². The van der Waals surface area contributed by atoms with Gasteiger partial charge in [0.2, 0.25) is 0 Å². The average molecular weight is 2780 g/mol. The van der Waals surface area contributed by atoms with Gasteiger partial charge < -0.3 is 89.1 Å². The monoisotopic (exact) mass is 2770 g/mol. The molecule has 150 heavy (non-hydrogen) atoms. The van der Waals surface area contributed by atoms with E-state index in [0.29, 0.717) is 0 Å². The molecule has 12 fully saturated rings. The average Bonchev–Trinajstić information content (AvgIpc) is 1.70. The Balaban J connectivity index is -0.000000154. The Morgan fingerprint density at radius 3 is 0.740 bits per heavy atom. The van der Waals surface area contributed by atoms with Crippen LogP contribution in [-0.4, -0.2) is 0 Å². The van der Waals surface area contributed by atoms with Crippen LogP contribution in [0.4, 0.5) is 0 Å². The van der Waals surface area contributed by atoms with Gasteiger partial charge in [-0.3, -0.25) is 0 Å². The van der Waals surface area contributed by atoms with Crippen molar-refractivity contribution in [3.63, 3.8) is 0 Å². The zero-order chi connectivity index (χ0) is 101. The molecule has 1 aromatic carbocycles. The molecule has 1 aromatic rings. The zero-order valence-corrected chi connectivity index (χ0v) is 122. The van der Waals surface area contributed by atoms with Crippen LogP contribution in [0.25, 0.3) is 0 Å². The predicted molar refractivity (Wildman–Crippen MR) is 682 cm³/mol. The number of aryl methyl sites for hydroxylation is 1. The van der Waals surface area contributed by atoms with Crippen molar-refractivity contribution >= 4 is 102 Å². The molecule has 0 spiro atoms. The molecule has 19 rings (SSSR count). The first-order valence-corrected chi connectivity index (χ1v) is 93.0. The summed E-state index contributed by atoms with van der Waals surface area (Å²) in [7, 11) is 59.2. The van der Waals surface area contributed by atoms with Crippen LogP contribution in [0.15, 0.2) is 227 Å². The fraction of sp³-hybridized carbons (Fsp3) is 0.621. The molecule has 0 nitrogen and oxygen atoms in total. The van der Waals surface area contributed by atoms with Crippen molar-refractivity contribution in [1.29, 1.82) is 0 Å². The SMILES string of the molecule is C1=CC2CCC(CCc3ccccc3)C2C=C1.C1=CC2CCCC2C=C1.C1=CC2CCCC2C=C1.C1=CC2CCCC2C=C1.C1CCCC1.C=CCC1CCC2C=CC=CC21.C=CCCC1CCC2C=CC=CC21.C=CCCC1CCCC1.C=CCCC1CCCC1.CCCCC1CCC(C)C1.CCCCC1CCCC1.CCCCC1CCCC1.[CH3-].[CH3-].[CH3-].[CH3-].[CH3-].[CH3-].[CH3-].[CH3-].[CH3-].[CH3-].[CH3-].[CH3-].[Cl][Zr+2][Cl].[Cl][Zr+2][Cl].[Cl][Zr+2][Cl].[Cl][Zr+2][Cl].[Cl][Zr+2][Cl].[Cl][Zr+2][Cl]. The molecule has 18 heteroatoms. The van der Waals surface area contributed by atoms with E-state index in [-0.39, 0.29) is 89.1 Å². The topological polar surface area (TPSA) is 0 Å². The molecule has 0 amide bonds. The van der Waals surface area contributed by atoms with Gasteiger partial charge in [-0.05, 0) is 271 Å². The summed E-state index contributed by atoms with van der Waals surface area (Å²) in [6, 6.07) is 10.9. The normalized spacial score (nSPS) is 25.1. The minimum atomic E-state index is -0.826. The van der Waals surface area contributed by atoms with E-state index in [9.17, 15) is 0 Å². The third-order valence-electron chi connectivity index (χ3n) is 31.8. The summed E-state index contributed by atoms with van der Waals surface area (Å²) < 4.78 is 0. The Labute approximate surface area is 1050 Å². The molecule has 0 N–H and O–H groups in total. The first kappa shape index (κ1) is 176. The Bertz CT molecular complexity index is 3140. The summed E-state index contributed by atoms with van der Waals surface area (Å²) in [5.41, 5.74) is 1.49. The number of benzene rings is 1. The van der Waals surface area contributed by atoms with Crippen molar-refractivity contribution < 1.29 is 125 Å². The van der Waals surface area contributed by atoms with E-state index in [1.807, 2.05) is 12.2 Å². The second-order valence-corrected chi connectivity index (χ2v) is 63.7. The van der Waals surface area contributed by atoms with E-state index in [2.05, 4.69) is 242 Å². The molecule has 860 valence electrons. The van der Waals surface area contributed by atoms with Gasteiger partial charge in [-0.25, -0.2) is 0 Å². The quantitative estimate of drug-likeness (QED) is 0.0757. The summed E-state index contributed by atoms with van der Waals surface area (Å²) in [5.74, 6) is 19.5. The van der Waals surface area contributed by atoms with Crippen molar-refractivity contribution in [2.75, 3.05) is 0 Å². The summed E-state index contributed by atoms with van der Waals surface area (Å²) in [6.07, 6.45) is 145. The first-order chi connectivity index (χ1) is 67.7. The van der Waals surface area contributed by atoms with E-state index in [0.717, 1.165) is 124 Å². The van der Waals surface area contributed by atoms with Crippen LogP contribution in [-0.2, 0) is 132 Å². The molecule has 0 saturated heterocycles. The third kappa shape index (κ3) is 89.2. The maximum absolute atomic E-state index is 4.93. The molecule has 0 radical (unpaired) electrons. The molecule has 0 heterocycles. The molecular weight excluding hydrogens is 2560 g/mol. The van der Waals surface area contributed by atoms with Gasteiger partial charge in [0.15, 0.2) is 0 Å². The number of hydrogen-bond acceptors (Lipinski definition) is 0. The van der Waals surface area contributed by atoms with Gasteiger partial charge in [-0.1, -0.05) is 453 Å². The standard InChI is InChI=1S/C17H20.C13H18.C12H16.C10H20.3C9H12.2C9H18.2C9H16.C5H10.12CH3.12ClH.6Zr/c1-2-6-14(7-3-1)10-11-16-13-12-15-8-4-5-9-17(15)16;1-2-3-6-11-9-10-12-7-4-5-8-13(11)12;1-2-5-10-8-9-11-6-3-4-7-12(10)11;1-3-4-5-10-7-6-9(2)8-10;3*1-2-5-9-7-3-6-8(9)4-1;4*1-2-3-6-9-7-4-5-8-9;1-2-4-5-3-1;;;;;;;;;;;;;;;;;;;;;;;;;;;;;;/h1-9,15-17H,10-13H2;2,4-5,7-8,11-13H,1,3,6,9-10H2;2-4,6-7,10-12H,1,5,8-9H2;9-10H,3-8H2,1-2H3;3*1-2,4-5,8-9H,3,6-7H2;2*9H,2-8H2,1H3;2*2,9H,1,3-8H2;1-5H2;12*1H3;12*1H;;;;;;/q;;;;;;;;;;;;12*-1;;;;;;;;;;;;;6*+4/p-12. The number of allylic oxidation sites excluding steroid dienone is 28. The van der Waals surface area contributed by atoms with Crippen molar-refractivity contribution in [3.8, 4) is 0 Å². The zero-order valence-electron chi connectivity index (χ0n) is 98.3. The number of unbranched alkanes of at least 4 members (excludes halogenated alkanes) is 3. The Kier molecular flexibility index (Phi) is 150. The van der Waals surface area contributed by atoms with Crippen LogP contribution in [0.3, 0.4) is 0 Å². The molecular formula is C132H224Cl12Zr6. The van der Waals surface area contributed by atoms with Gasteiger partial charge in [-0.2, -0.15) is 0 Å². The van der Waals surface area contributed by atoms with Crippen molar-refractivity contribution in [1.82, 2.24) is 0 Å². The van der Waals surface area contributed by atoms with Gasteiger partial charge in [0.25, 0.3) is 0 Å². The summed E-state index contributed by atoms with van der Waals surface area (Å²) in [4.78, 5) is 0. The number of rotatable bonds is 23. The third-order valence-corrected chi connectivity index (χ3v) is 31.8. The second-order valence-electron chi connectivity index (χ2n) is 41.3. The fourth-order valence-electron chi connectivity index (χ4n) is 24.3. The molecule has 0 aliphatic heterocycles. The second kappa shape index (κ2) is 128. The molecule has 12 saturated carbocycles. The van der Waals surface area contributed by atoms with Crippen LogP contribution >= 0.6 is 102 Å². The van der Waals surface area contributed by atoms with Crippen molar-refractivity contribution in [2.24, 2.45) is 124 Å². The van der Waals surface area contributed by atoms with Crippen molar-refractivity contribution in [2.45, 2.75) is 394 Å². The Morgan fingerprint density at radius 2 is 0.480 bits per heavy atom. The van der Waals surface area contributed by atoms with Gasteiger partial charge in [-0.15, -0.1) is 26.3 Å².